The van der Waals surface area contributed by atoms with E-state index >= 15 is 0 Å². The van der Waals surface area contributed by atoms with Gasteiger partial charge in [0.05, 0.1) is 23.4 Å². The molecule has 3 heterocycles. The van der Waals surface area contributed by atoms with Gasteiger partial charge in [-0.25, -0.2) is 9.78 Å². The first-order valence-corrected chi connectivity index (χ1v) is 11.6. The van der Waals surface area contributed by atoms with Crippen molar-refractivity contribution in [2.24, 2.45) is 5.73 Å². The Hall–Kier alpha value is -3.30. The lowest BCUT2D eigenvalue weighted by Crippen LogP contribution is -2.26. The van der Waals surface area contributed by atoms with Crippen molar-refractivity contribution in [3.63, 3.8) is 0 Å². The number of hydrogen-bond acceptors (Lipinski definition) is 6. The maximum Gasteiger partial charge on any atom is 0.411 e. The third kappa shape index (κ3) is 4.89. The molecule has 2 amide bonds. The number of hydrogen-bond donors (Lipinski definition) is 2. The Balaban J connectivity index is 1.61. The number of carbonyl (C=O) groups excluding carboxylic acids is 2. The molecule has 0 fully saturated rings. The van der Waals surface area contributed by atoms with E-state index in [0.29, 0.717) is 41.0 Å². The number of alkyl carbamates (subject to hydrolysis) is 1. The molecule has 0 saturated heterocycles. The van der Waals surface area contributed by atoms with Crippen molar-refractivity contribution in [2.75, 3.05) is 6.61 Å². The molecule has 8 nitrogen and oxygen atoms in total. The average molecular weight is 487 g/mol. The zero-order valence-electron chi connectivity index (χ0n) is 18.1. The van der Waals surface area contributed by atoms with Gasteiger partial charge in [0, 0.05) is 41.4 Å². The number of allylic oxidation sites excluding steroid dienone is 1. The van der Waals surface area contributed by atoms with E-state index in [2.05, 4.69) is 10.3 Å². The Labute approximate surface area is 200 Å². The third-order valence-electron chi connectivity index (χ3n) is 5.15. The minimum atomic E-state index is -0.563. The van der Waals surface area contributed by atoms with Gasteiger partial charge >= 0.3 is 6.09 Å². The third-order valence-corrected chi connectivity index (χ3v) is 6.65. The van der Waals surface area contributed by atoms with E-state index in [4.69, 9.17) is 26.8 Å². The average Bonchev–Trinajstić information content (AvgIpc) is 3.38. The van der Waals surface area contributed by atoms with Gasteiger partial charge in [-0.2, -0.15) is 0 Å². The lowest BCUT2D eigenvalue weighted by atomic mass is 10.1. The summed E-state index contributed by atoms with van der Waals surface area (Å²) >= 11 is 7.55. The molecule has 10 heteroatoms. The number of fused-ring (bicyclic) bond motifs is 1. The molecular formula is C23H23ClN4O4S. The second kappa shape index (κ2) is 9.68. The zero-order chi connectivity index (χ0) is 23.5. The number of halogens is 1. The van der Waals surface area contributed by atoms with Crippen molar-refractivity contribution < 1.29 is 19.1 Å². The standard InChI is InChI=1S/C23H23ClN4O4S/c1-3-31-23(30)27-14-8-9-28-17(12-26-20(28)10-14)19-11-18(21(33-19)22(25)29)32-13(2)15-6-4-5-7-16(15)24/h4-7,10-13H,3,8-9H2,1-2H3,(H2,25,29)(H,27,30). The highest BCUT2D eigenvalue weighted by Gasteiger charge is 2.23. The predicted octanol–water partition coefficient (Wildman–Crippen LogP) is 4.99. The van der Waals surface area contributed by atoms with Crippen LogP contribution in [0.1, 0.15) is 47.4 Å². The van der Waals surface area contributed by atoms with Crippen LogP contribution in [-0.2, 0) is 11.3 Å². The molecule has 0 aliphatic carbocycles. The Bertz CT molecular complexity index is 1230. The Morgan fingerprint density at radius 1 is 1.36 bits per heavy atom. The van der Waals surface area contributed by atoms with Gasteiger partial charge in [-0.1, -0.05) is 29.8 Å². The molecule has 1 aliphatic heterocycles. The molecule has 33 heavy (non-hydrogen) atoms. The van der Waals surface area contributed by atoms with Gasteiger partial charge in [-0.15, -0.1) is 11.3 Å². The molecule has 1 aliphatic rings. The first kappa shape index (κ1) is 22.9. The van der Waals surface area contributed by atoms with E-state index in [9.17, 15) is 9.59 Å². The number of primary amides is 1. The Kier molecular flexibility index (Phi) is 6.71. The molecule has 0 bridgehead atoms. The number of aromatic nitrogens is 2. The number of nitrogens with zero attached hydrogens (tertiary/aromatic N) is 2. The van der Waals surface area contributed by atoms with Crippen LogP contribution in [0.3, 0.4) is 0 Å². The predicted molar refractivity (Wildman–Crippen MR) is 127 cm³/mol. The minimum absolute atomic E-state index is 0.304. The summed E-state index contributed by atoms with van der Waals surface area (Å²) < 4.78 is 13.1. The SMILES string of the molecule is CCOC(=O)NC1=Cc2ncc(-c3cc(OC(C)c4ccccc4Cl)c(C(N)=O)s3)n2CC1. The highest BCUT2D eigenvalue weighted by molar-refractivity contribution is 7.17. The van der Waals surface area contributed by atoms with Crippen molar-refractivity contribution in [3.05, 3.63) is 63.5 Å². The number of nitrogens with one attached hydrogen (secondary N) is 1. The number of rotatable bonds is 7. The van der Waals surface area contributed by atoms with E-state index in [1.165, 1.54) is 11.3 Å². The number of ether oxygens (including phenoxy) is 2. The van der Waals surface area contributed by atoms with E-state index in [1.54, 1.807) is 25.3 Å². The summed E-state index contributed by atoms with van der Waals surface area (Å²) in [6, 6.07) is 9.21. The summed E-state index contributed by atoms with van der Waals surface area (Å²) in [7, 11) is 0. The van der Waals surface area contributed by atoms with E-state index in [0.717, 1.165) is 21.8 Å². The molecule has 1 aromatic carbocycles. The van der Waals surface area contributed by atoms with Crippen molar-refractivity contribution in [1.29, 1.82) is 0 Å². The van der Waals surface area contributed by atoms with Gasteiger partial charge in [-0.3, -0.25) is 10.1 Å². The van der Waals surface area contributed by atoms with Crippen LogP contribution in [-0.4, -0.2) is 28.2 Å². The molecule has 3 N–H and O–H groups in total. The molecule has 2 aromatic heterocycles. The summed E-state index contributed by atoms with van der Waals surface area (Å²) in [5, 5.41) is 3.32. The van der Waals surface area contributed by atoms with Crippen LogP contribution in [0.5, 0.6) is 5.75 Å². The lowest BCUT2D eigenvalue weighted by molar-refractivity contribution is 0.0998. The lowest BCUT2D eigenvalue weighted by Gasteiger charge is -2.17. The van der Waals surface area contributed by atoms with Crippen LogP contribution in [0, 0.1) is 0 Å². The Morgan fingerprint density at radius 2 is 2.15 bits per heavy atom. The van der Waals surface area contributed by atoms with Crippen LogP contribution in [0.2, 0.25) is 5.02 Å². The summed E-state index contributed by atoms with van der Waals surface area (Å²) in [6.07, 6.45) is 3.29. The molecule has 1 unspecified atom stereocenters. The van der Waals surface area contributed by atoms with Gasteiger partial charge in [0.2, 0.25) is 0 Å². The topological polar surface area (TPSA) is 108 Å². The molecule has 1 atom stereocenters. The molecule has 0 saturated carbocycles. The van der Waals surface area contributed by atoms with Gasteiger partial charge < -0.3 is 19.8 Å². The van der Waals surface area contributed by atoms with Crippen molar-refractivity contribution in [3.8, 4) is 16.3 Å². The smallest absolute Gasteiger partial charge is 0.411 e. The van der Waals surface area contributed by atoms with Crippen molar-refractivity contribution in [2.45, 2.75) is 32.9 Å². The van der Waals surface area contributed by atoms with Crippen LogP contribution in [0.15, 0.2) is 42.2 Å². The number of imidazole rings is 1. The minimum Gasteiger partial charge on any atom is -0.484 e. The molecule has 0 spiro atoms. The first-order valence-electron chi connectivity index (χ1n) is 10.4. The summed E-state index contributed by atoms with van der Waals surface area (Å²) in [6.45, 7) is 4.53. The Morgan fingerprint density at radius 3 is 2.88 bits per heavy atom. The summed E-state index contributed by atoms with van der Waals surface area (Å²) in [4.78, 5) is 29.4. The molecule has 3 aromatic rings. The number of carbonyl (C=O) groups is 2. The fourth-order valence-electron chi connectivity index (χ4n) is 3.61. The largest absolute Gasteiger partial charge is 0.484 e. The first-order chi connectivity index (χ1) is 15.9. The molecular weight excluding hydrogens is 464 g/mol. The fraction of sp³-hybridized carbons (Fsp3) is 0.261. The summed E-state index contributed by atoms with van der Waals surface area (Å²) in [5.74, 6) is 0.539. The van der Waals surface area contributed by atoms with Crippen molar-refractivity contribution >= 4 is 41.0 Å². The van der Waals surface area contributed by atoms with Gasteiger partial charge in [0.15, 0.2) is 0 Å². The maximum atomic E-state index is 12.1. The number of thiophene rings is 1. The van der Waals surface area contributed by atoms with Crippen LogP contribution >= 0.6 is 22.9 Å². The van der Waals surface area contributed by atoms with E-state index in [-0.39, 0.29) is 6.10 Å². The molecule has 4 rings (SSSR count). The quantitative estimate of drug-likeness (QED) is 0.488. The molecule has 0 radical (unpaired) electrons. The van der Waals surface area contributed by atoms with E-state index < -0.39 is 12.0 Å². The zero-order valence-corrected chi connectivity index (χ0v) is 19.7. The highest BCUT2D eigenvalue weighted by atomic mass is 35.5. The normalized spacial score (nSPS) is 13.6. The van der Waals surface area contributed by atoms with E-state index in [1.807, 2.05) is 35.8 Å². The van der Waals surface area contributed by atoms with Gasteiger partial charge in [0.1, 0.15) is 22.6 Å². The number of nitrogens with two attached hydrogens (primary N) is 1. The second-order valence-corrected chi connectivity index (χ2v) is 8.83. The van der Waals surface area contributed by atoms with Gasteiger partial charge in [-0.05, 0) is 19.9 Å². The van der Waals surface area contributed by atoms with Crippen molar-refractivity contribution in [1.82, 2.24) is 14.9 Å². The van der Waals surface area contributed by atoms with Crippen LogP contribution in [0.4, 0.5) is 4.79 Å². The van der Waals surface area contributed by atoms with Gasteiger partial charge in [0.25, 0.3) is 5.91 Å². The molecule has 172 valence electrons. The van der Waals surface area contributed by atoms with Crippen LogP contribution in [0.25, 0.3) is 16.6 Å². The second-order valence-electron chi connectivity index (χ2n) is 7.37. The van der Waals surface area contributed by atoms with Crippen LogP contribution < -0.4 is 15.8 Å². The fourth-order valence-corrected chi connectivity index (χ4v) is 4.86. The monoisotopic (exact) mass is 486 g/mol. The summed E-state index contributed by atoms with van der Waals surface area (Å²) in [5.41, 5.74) is 8.02. The number of benzene rings is 1. The highest BCUT2D eigenvalue weighted by Crippen LogP contribution is 2.39. The number of amides is 2. The maximum absolute atomic E-state index is 12.1.